The Morgan fingerprint density at radius 3 is 2.58 bits per heavy atom. The van der Waals surface area contributed by atoms with Gasteiger partial charge in [0.1, 0.15) is 5.69 Å². The van der Waals surface area contributed by atoms with E-state index in [0.717, 1.165) is 16.9 Å². The standard InChI is InChI=1S/C15H16N2O2/c1-11-3-2-4-14(16-11)15(19)17-13-7-5-12(6-8-13)9-10-18/h2-8,18H,9-10H2,1H3,(H,17,19). The van der Waals surface area contributed by atoms with E-state index in [1.54, 1.807) is 6.07 Å². The second-order valence-electron chi connectivity index (χ2n) is 4.29. The first kappa shape index (κ1) is 13.2. The fourth-order valence-electron chi connectivity index (χ4n) is 1.75. The molecule has 19 heavy (non-hydrogen) atoms. The number of carbonyl (C=O) groups is 1. The third kappa shape index (κ3) is 3.63. The molecule has 4 nitrogen and oxygen atoms in total. The average Bonchev–Trinajstić information content (AvgIpc) is 2.41. The highest BCUT2D eigenvalue weighted by atomic mass is 16.2. The van der Waals surface area contributed by atoms with E-state index in [1.165, 1.54) is 0 Å². The summed E-state index contributed by atoms with van der Waals surface area (Å²) < 4.78 is 0. The Labute approximate surface area is 112 Å². The maximum Gasteiger partial charge on any atom is 0.274 e. The molecule has 1 heterocycles. The molecular weight excluding hydrogens is 240 g/mol. The molecule has 0 atom stereocenters. The first-order chi connectivity index (χ1) is 9.19. The number of hydrogen-bond donors (Lipinski definition) is 2. The Balaban J connectivity index is 2.06. The highest BCUT2D eigenvalue weighted by Crippen LogP contribution is 2.11. The maximum absolute atomic E-state index is 12.0. The minimum absolute atomic E-state index is 0.124. The lowest BCUT2D eigenvalue weighted by Gasteiger charge is -2.06. The summed E-state index contributed by atoms with van der Waals surface area (Å²) in [7, 11) is 0. The number of amides is 1. The number of anilines is 1. The van der Waals surface area contributed by atoms with Crippen LogP contribution in [0.2, 0.25) is 0 Å². The average molecular weight is 256 g/mol. The number of hydrogen-bond acceptors (Lipinski definition) is 3. The highest BCUT2D eigenvalue weighted by molar-refractivity contribution is 6.02. The molecule has 0 saturated heterocycles. The molecule has 0 aliphatic carbocycles. The van der Waals surface area contributed by atoms with Crippen molar-refractivity contribution in [2.24, 2.45) is 0 Å². The second-order valence-corrected chi connectivity index (χ2v) is 4.29. The summed E-state index contributed by atoms with van der Waals surface area (Å²) in [5, 5.41) is 11.6. The van der Waals surface area contributed by atoms with Gasteiger partial charge in [0.25, 0.3) is 5.91 Å². The van der Waals surface area contributed by atoms with Gasteiger partial charge in [0, 0.05) is 18.0 Å². The number of carbonyl (C=O) groups excluding carboxylic acids is 1. The molecule has 0 saturated carbocycles. The molecule has 0 aliphatic heterocycles. The summed E-state index contributed by atoms with van der Waals surface area (Å²) in [4.78, 5) is 16.1. The van der Waals surface area contributed by atoms with Gasteiger partial charge in [-0.15, -0.1) is 0 Å². The zero-order valence-corrected chi connectivity index (χ0v) is 10.8. The first-order valence-electron chi connectivity index (χ1n) is 6.14. The zero-order chi connectivity index (χ0) is 13.7. The van der Waals surface area contributed by atoms with Gasteiger partial charge in [0.2, 0.25) is 0 Å². The molecule has 4 heteroatoms. The highest BCUT2D eigenvalue weighted by Gasteiger charge is 2.07. The molecule has 0 aliphatic rings. The van der Waals surface area contributed by atoms with Crippen LogP contribution in [-0.4, -0.2) is 22.6 Å². The van der Waals surface area contributed by atoms with Gasteiger partial charge in [-0.3, -0.25) is 4.79 Å². The molecular formula is C15H16N2O2. The molecule has 1 aromatic carbocycles. The number of nitrogens with one attached hydrogen (secondary N) is 1. The first-order valence-corrected chi connectivity index (χ1v) is 6.14. The normalized spacial score (nSPS) is 10.2. The van der Waals surface area contributed by atoms with Crippen molar-refractivity contribution in [2.75, 3.05) is 11.9 Å². The predicted octanol–water partition coefficient (Wildman–Crippen LogP) is 2.18. The molecule has 2 N–H and O–H groups in total. The minimum Gasteiger partial charge on any atom is -0.396 e. The molecule has 0 fully saturated rings. The fraction of sp³-hybridized carbons (Fsp3) is 0.200. The van der Waals surface area contributed by atoms with Crippen LogP contribution in [0.1, 0.15) is 21.7 Å². The van der Waals surface area contributed by atoms with Crippen molar-refractivity contribution in [3.63, 3.8) is 0 Å². The van der Waals surface area contributed by atoms with Gasteiger partial charge in [-0.1, -0.05) is 18.2 Å². The Kier molecular flexibility index (Phi) is 4.26. The van der Waals surface area contributed by atoms with Gasteiger partial charge >= 0.3 is 0 Å². The van der Waals surface area contributed by atoms with Crippen LogP contribution in [0.5, 0.6) is 0 Å². The van der Waals surface area contributed by atoms with Crippen LogP contribution in [0, 0.1) is 6.92 Å². The molecule has 1 aromatic heterocycles. The molecule has 2 rings (SSSR count). The van der Waals surface area contributed by atoms with E-state index in [4.69, 9.17) is 5.11 Å². The minimum atomic E-state index is -0.224. The van der Waals surface area contributed by atoms with Gasteiger partial charge in [-0.25, -0.2) is 4.98 Å². The second kappa shape index (κ2) is 6.11. The molecule has 0 radical (unpaired) electrons. The van der Waals surface area contributed by atoms with Gasteiger partial charge in [0.05, 0.1) is 0 Å². The summed E-state index contributed by atoms with van der Waals surface area (Å²) in [6, 6.07) is 12.7. The lowest BCUT2D eigenvalue weighted by Crippen LogP contribution is -2.13. The third-order valence-corrected chi connectivity index (χ3v) is 2.73. The van der Waals surface area contributed by atoms with Crippen molar-refractivity contribution in [2.45, 2.75) is 13.3 Å². The topological polar surface area (TPSA) is 62.2 Å². The molecule has 1 amide bonds. The van der Waals surface area contributed by atoms with E-state index in [9.17, 15) is 4.79 Å². The summed E-state index contributed by atoms with van der Waals surface area (Å²) in [5.74, 6) is -0.224. The van der Waals surface area contributed by atoms with Gasteiger partial charge < -0.3 is 10.4 Å². The number of nitrogens with zero attached hydrogens (tertiary/aromatic N) is 1. The lowest BCUT2D eigenvalue weighted by molar-refractivity contribution is 0.102. The number of rotatable bonds is 4. The predicted molar refractivity (Wildman–Crippen MR) is 74.2 cm³/mol. The van der Waals surface area contributed by atoms with Crippen LogP contribution in [-0.2, 0) is 6.42 Å². The third-order valence-electron chi connectivity index (χ3n) is 2.73. The monoisotopic (exact) mass is 256 g/mol. The van der Waals surface area contributed by atoms with Crippen LogP contribution in [0.4, 0.5) is 5.69 Å². The van der Waals surface area contributed by atoms with E-state index in [1.807, 2.05) is 43.3 Å². The number of aliphatic hydroxyl groups excluding tert-OH is 1. The smallest absolute Gasteiger partial charge is 0.274 e. The Morgan fingerprint density at radius 1 is 1.21 bits per heavy atom. The van der Waals surface area contributed by atoms with Crippen LogP contribution < -0.4 is 5.32 Å². The van der Waals surface area contributed by atoms with Crippen molar-refractivity contribution in [1.82, 2.24) is 4.98 Å². The van der Waals surface area contributed by atoms with E-state index >= 15 is 0 Å². The van der Waals surface area contributed by atoms with Crippen LogP contribution in [0.15, 0.2) is 42.5 Å². The molecule has 0 unspecified atom stereocenters. The zero-order valence-electron chi connectivity index (χ0n) is 10.8. The lowest BCUT2D eigenvalue weighted by atomic mass is 10.1. The van der Waals surface area contributed by atoms with E-state index in [-0.39, 0.29) is 12.5 Å². The summed E-state index contributed by atoms with van der Waals surface area (Å²) >= 11 is 0. The van der Waals surface area contributed by atoms with Gasteiger partial charge in [-0.05, 0) is 43.2 Å². The number of pyridine rings is 1. The Morgan fingerprint density at radius 2 is 1.95 bits per heavy atom. The van der Waals surface area contributed by atoms with Crippen molar-refractivity contribution >= 4 is 11.6 Å². The van der Waals surface area contributed by atoms with E-state index < -0.39 is 0 Å². The quantitative estimate of drug-likeness (QED) is 0.881. The van der Waals surface area contributed by atoms with Crippen LogP contribution in [0.25, 0.3) is 0 Å². The number of aryl methyl sites for hydroxylation is 1. The summed E-state index contributed by atoms with van der Waals surface area (Å²) in [5.41, 5.74) is 2.97. The Hall–Kier alpha value is -2.20. The van der Waals surface area contributed by atoms with Crippen LogP contribution in [0.3, 0.4) is 0 Å². The number of aliphatic hydroxyl groups is 1. The number of aromatic nitrogens is 1. The Bertz CT molecular complexity index is 565. The van der Waals surface area contributed by atoms with Crippen molar-refractivity contribution < 1.29 is 9.90 Å². The van der Waals surface area contributed by atoms with Gasteiger partial charge in [0.15, 0.2) is 0 Å². The van der Waals surface area contributed by atoms with Gasteiger partial charge in [-0.2, -0.15) is 0 Å². The largest absolute Gasteiger partial charge is 0.396 e. The molecule has 0 bridgehead atoms. The SMILES string of the molecule is Cc1cccc(C(=O)Nc2ccc(CCO)cc2)n1. The maximum atomic E-state index is 12.0. The fourth-order valence-corrected chi connectivity index (χ4v) is 1.75. The summed E-state index contributed by atoms with van der Waals surface area (Å²) in [6.07, 6.45) is 0.619. The van der Waals surface area contributed by atoms with Crippen molar-refractivity contribution in [3.05, 3.63) is 59.4 Å². The molecule has 0 spiro atoms. The number of benzene rings is 1. The van der Waals surface area contributed by atoms with E-state index in [0.29, 0.717) is 12.1 Å². The summed E-state index contributed by atoms with van der Waals surface area (Å²) in [6.45, 7) is 1.97. The molecule has 2 aromatic rings. The van der Waals surface area contributed by atoms with Crippen molar-refractivity contribution in [3.8, 4) is 0 Å². The van der Waals surface area contributed by atoms with Crippen molar-refractivity contribution in [1.29, 1.82) is 0 Å². The van der Waals surface area contributed by atoms with E-state index in [2.05, 4.69) is 10.3 Å². The molecule has 98 valence electrons. The van der Waals surface area contributed by atoms with Crippen LogP contribution >= 0.6 is 0 Å².